The van der Waals surface area contributed by atoms with Crippen molar-refractivity contribution in [2.75, 3.05) is 27.4 Å². The lowest BCUT2D eigenvalue weighted by molar-refractivity contribution is -0.137. The zero-order valence-electron chi connectivity index (χ0n) is 14.2. The summed E-state index contributed by atoms with van der Waals surface area (Å²) in [5.74, 6) is 1.15. The zero-order valence-corrected chi connectivity index (χ0v) is 14.2. The topological polar surface area (TPSA) is 56.8 Å². The molecule has 140 valence electrons. The number of benzene rings is 2. The molecule has 26 heavy (non-hydrogen) atoms. The second-order valence-corrected chi connectivity index (χ2v) is 5.23. The molecule has 0 aliphatic rings. The first kappa shape index (κ1) is 19.4. The predicted molar refractivity (Wildman–Crippen MR) is 88.8 cm³/mol. The van der Waals surface area contributed by atoms with Crippen molar-refractivity contribution in [1.82, 2.24) is 5.32 Å². The van der Waals surface area contributed by atoms with Gasteiger partial charge in [0, 0.05) is 23.8 Å². The van der Waals surface area contributed by atoms with Gasteiger partial charge in [-0.25, -0.2) is 0 Å². The molecule has 0 atom stereocenters. The van der Waals surface area contributed by atoms with E-state index >= 15 is 0 Å². The van der Waals surface area contributed by atoms with Crippen molar-refractivity contribution < 1.29 is 32.2 Å². The Labute approximate surface area is 148 Å². The Morgan fingerprint density at radius 2 is 1.50 bits per heavy atom. The molecular formula is C18H18F3NO4. The Hall–Kier alpha value is -2.90. The highest BCUT2D eigenvalue weighted by atomic mass is 19.4. The Kier molecular flexibility index (Phi) is 6.32. The first-order chi connectivity index (χ1) is 12.3. The minimum absolute atomic E-state index is 0.140. The van der Waals surface area contributed by atoms with Gasteiger partial charge in [-0.2, -0.15) is 13.2 Å². The summed E-state index contributed by atoms with van der Waals surface area (Å²) >= 11 is 0. The number of hydrogen-bond donors (Lipinski definition) is 1. The summed E-state index contributed by atoms with van der Waals surface area (Å²) in [6.07, 6.45) is -4.43. The van der Waals surface area contributed by atoms with E-state index in [4.69, 9.17) is 14.2 Å². The third-order valence-electron chi connectivity index (χ3n) is 3.46. The number of carbonyl (C=O) groups is 1. The van der Waals surface area contributed by atoms with Crippen molar-refractivity contribution >= 4 is 5.91 Å². The summed E-state index contributed by atoms with van der Waals surface area (Å²) in [7, 11) is 3.03. The maximum absolute atomic E-state index is 12.5. The number of carbonyl (C=O) groups excluding carboxylic acids is 1. The van der Waals surface area contributed by atoms with Gasteiger partial charge in [0.05, 0.1) is 26.3 Å². The molecule has 0 fully saturated rings. The lowest BCUT2D eigenvalue weighted by Crippen LogP contribution is -2.28. The standard InChI is InChI=1S/C18H18F3NO4/c1-24-14-9-15(25-2)11-16(10-14)26-8-7-22-17(23)12-3-5-13(6-4-12)18(19,20)21/h3-6,9-11H,7-8H2,1-2H3,(H,22,23). The molecule has 0 aliphatic carbocycles. The second kappa shape index (κ2) is 8.46. The molecule has 0 spiro atoms. The fourth-order valence-electron chi connectivity index (χ4n) is 2.11. The van der Waals surface area contributed by atoms with Crippen LogP contribution in [-0.2, 0) is 6.18 Å². The molecule has 0 bridgehead atoms. The van der Waals surface area contributed by atoms with Gasteiger partial charge in [-0.15, -0.1) is 0 Å². The van der Waals surface area contributed by atoms with E-state index in [-0.39, 0.29) is 18.7 Å². The maximum atomic E-state index is 12.5. The highest BCUT2D eigenvalue weighted by Gasteiger charge is 2.30. The van der Waals surface area contributed by atoms with Crippen molar-refractivity contribution in [3.63, 3.8) is 0 Å². The number of amides is 1. The number of nitrogens with one attached hydrogen (secondary N) is 1. The number of hydrogen-bond acceptors (Lipinski definition) is 4. The fourth-order valence-corrected chi connectivity index (χ4v) is 2.11. The molecule has 2 aromatic carbocycles. The van der Waals surface area contributed by atoms with Crippen LogP contribution in [0.5, 0.6) is 17.2 Å². The van der Waals surface area contributed by atoms with Crippen molar-refractivity contribution in [3.05, 3.63) is 53.6 Å². The Morgan fingerprint density at radius 1 is 0.962 bits per heavy atom. The molecule has 2 aromatic rings. The molecule has 2 rings (SSSR count). The van der Waals surface area contributed by atoms with E-state index in [0.29, 0.717) is 17.2 Å². The van der Waals surface area contributed by atoms with Crippen molar-refractivity contribution in [1.29, 1.82) is 0 Å². The number of halogens is 3. The van der Waals surface area contributed by atoms with Gasteiger partial charge in [-0.1, -0.05) is 0 Å². The zero-order chi connectivity index (χ0) is 19.2. The van der Waals surface area contributed by atoms with Crippen LogP contribution in [-0.4, -0.2) is 33.3 Å². The Balaban J connectivity index is 1.85. The predicted octanol–water partition coefficient (Wildman–Crippen LogP) is 3.53. The molecular weight excluding hydrogens is 351 g/mol. The van der Waals surface area contributed by atoms with Crippen LogP contribution in [0.4, 0.5) is 13.2 Å². The van der Waals surface area contributed by atoms with E-state index in [2.05, 4.69) is 5.32 Å². The minimum Gasteiger partial charge on any atom is -0.496 e. The molecule has 8 heteroatoms. The third-order valence-corrected chi connectivity index (χ3v) is 3.46. The molecule has 0 heterocycles. The molecule has 1 N–H and O–H groups in total. The molecule has 1 amide bonds. The van der Waals surface area contributed by atoms with E-state index in [1.807, 2.05) is 0 Å². The largest absolute Gasteiger partial charge is 0.496 e. The van der Waals surface area contributed by atoms with Crippen molar-refractivity contribution in [3.8, 4) is 17.2 Å². The van der Waals surface area contributed by atoms with Crippen LogP contribution in [0.3, 0.4) is 0 Å². The summed E-state index contributed by atoms with van der Waals surface area (Å²) in [5.41, 5.74) is -0.662. The van der Waals surface area contributed by atoms with Gasteiger partial charge in [0.2, 0.25) is 0 Å². The summed E-state index contributed by atoms with van der Waals surface area (Å²) in [6.45, 7) is 0.349. The maximum Gasteiger partial charge on any atom is 0.416 e. The van der Waals surface area contributed by atoms with Gasteiger partial charge in [0.1, 0.15) is 23.9 Å². The molecule has 0 aromatic heterocycles. The monoisotopic (exact) mass is 369 g/mol. The minimum atomic E-state index is -4.43. The van der Waals surface area contributed by atoms with Crippen LogP contribution in [0, 0.1) is 0 Å². The number of ether oxygens (including phenoxy) is 3. The molecule has 0 unspecified atom stereocenters. The normalized spacial score (nSPS) is 11.0. The summed E-state index contributed by atoms with van der Waals surface area (Å²) in [6, 6.07) is 9.03. The van der Waals surface area contributed by atoms with Crippen LogP contribution in [0.1, 0.15) is 15.9 Å². The van der Waals surface area contributed by atoms with Gasteiger partial charge < -0.3 is 19.5 Å². The van der Waals surface area contributed by atoms with Crippen molar-refractivity contribution in [2.45, 2.75) is 6.18 Å². The second-order valence-electron chi connectivity index (χ2n) is 5.23. The van der Waals surface area contributed by atoms with Gasteiger partial charge in [0.25, 0.3) is 5.91 Å². The van der Waals surface area contributed by atoms with E-state index in [9.17, 15) is 18.0 Å². The Bertz CT molecular complexity index is 723. The molecule has 0 aliphatic heterocycles. The fraction of sp³-hybridized carbons (Fsp3) is 0.278. The van der Waals surface area contributed by atoms with Crippen LogP contribution < -0.4 is 19.5 Å². The summed E-state index contributed by atoms with van der Waals surface area (Å²) < 4.78 is 53.3. The van der Waals surface area contributed by atoms with Gasteiger partial charge >= 0.3 is 6.18 Å². The highest BCUT2D eigenvalue weighted by molar-refractivity contribution is 5.94. The van der Waals surface area contributed by atoms with E-state index < -0.39 is 17.6 Å². The molecule has 5 nitrogen and oxygen atoms in total. The lowest BCUT2D eigenvalue weighted by atomic mass is 10.1. The quantitative estimate of drug-likeness (QED) is 0.759. The van der Waals surface area contributed by atoms with Crippen LogP contribution in [0.2, 0.25) is 0 Å². The number of alkyl halides is 3. The number of methoxy groups -OCH3 is 2. The average Bonchev–Trinajstić information content (AvgIpc) is 2.64. The average molecular weight is 369 g/mol. The first-order valence-electron chi connectivity index (χ1n) is 7.65. The smallest absolute Gasteiger partial charge is 0.416 e. The van der Waals surface area contributed by atoms with Gasteiger partial charge in [-0.05, 0) is 24.3 Å². The summed E-state index contributed by atoms with van der Waals surface area (Å²) in [4.78, 5) is 11.9. The molecule has 0 saturated heterocycles. The Morgan fingerprint density at radius 3 is 2.00 bits per heavy atom. The number of rotatable bonds is 7. The SMILES string of the molecule is COc1cc(OC)cc(OCCNC(=O)c2ccc(C(F)(F)F)cc2)c1. The third kappa shape index (κ3) is 5.30. The van der Waals surface area contributed by atoms with Crippen molar-refractivity contribution in [2.24, 2.45) is 0 Å². The van der Waals surface area contributed by atoms with Crippen LogP contribution in [0.25, 0.3) is 0 Å². The van der Waals surface area contributed by atoms with E-state index in [0.717, 1.165) is 24.3 Å². The van der Waals surface area contributed by atoms with E-state index in [1.54, 1.807) is 18.2 Å². The van der Waals surface area contributed by atoms with E-state index in [1.165, 1.54) is 14.2 Å². The molecule has 0 saturated carbocycles. The van der Waals surface area contributed by atoms with Crippen LogP contribution in [0.15, 0.2) is 42.5 Å². The highest BCUT2D eigenvalue weighted by Crippen LogP contribution is 2.29. The summed E-state index contributed by atoms with van der Waals surface area (Å²) in [5, 5.41) is 2.58. The lowest BCUT2D eigenvalue weighted by Gasteiger charge is -2.11. The van der Waals surface area contributed by atoms with Gasteiger partial charge in [-0.3, -0.25) is 4.79 Å². The molecule has 0 radical (unpaired) electrons. The van der Waals surface area contributed by atoms with Gasteiger partial charge in [0.15, 0.2) is 0 Å². The van der Waals surface area contributed by atoms with Crippen LogP contribution >= 0.6 is 0 Å². The first-order valence-corrected chi connectivity index (χ1v) is 7.65.